The second-order valence-electron chi connectivity index (χ2n) is 4.20. The Morgan fingerprint density at radius 2 is 2.07 bits per heavy atom. The largest absolute Gasteiger partial charge is 0.481 e. The zero-order valence-electron chi connectivity index (χ0n) is 9.54. The van der Waals surface area contributed by atoms with Crippen molar-refractivity contribution >= 4 is 5.97 Å². The molecule has 1 saturated heterocycles. The van der Waals surface area contributed by atoms with Crippen LogP contribution in [-0.2, 0) is 4.79 Å². The first-order valence-electron chi connectivity index (χ1n) is 5.90. The predicted octanol–water partition coefficient (Wildman–Crippen LogP) is 0.783. The Morgan fingerprint density at radius 3 is 2.60 bits per heavy atom. The molecular weight excluding hydrogens is 192 g/mol. The third kappa shape index (κ3) is 4.62. The average Bonchev–Trinajstić information content (AvgIpc) is 2.25. The van der Waals surface area contributed by atoms with Gasteiger partial charge in [-0.3, -0.25) is 4.79 Å². The highest BCUT2D eigenvalue weighted by Gasteiger charge is 2.18. The lowest BCUT2D eigenvalue weighted by Crippen LogP contribution is -2.44. The molecule has 0 spiro atoms. The number of nitrogens with one attached hydrogen (secondary N) is 1. The molecule has 4 heteroatoms. The van der Waals surface area contributed by atoms with E-state index in [-0.39, 0.29) is 5.92 Å². The molecule has 4 nitrogen and oxygen atoms in total. The number of aliphatic carboxylic acids is 1. The number of piperazine rings is 1. The third-order valence-corrected chi connectivity index (χ3v) is 2.99. The minimum absolute atomic E-state index is 0.148. The topological polar surface area (TPSA) is 52.6 Å². The lowest BCUT2D eigenvalue weighted by atomic mass is 10.00. The second-order valence-corrected chi connectivity index (χ2v) is 4.20. The van der Waals surface area contributed by atoms with Crippen LogP contribution >= 0.6 is 0 Å². The van der Waals surface area contributed by atoms with Crippen LogP contribution in [0.3, 0.4) is 0 Å². The van der Waals surface area contributed by atoms with Crippen LogP contribution in [0.2, 0.25) is 0 Å². The molecular formula is C11H22N2O2. The molecule has 0 amide bonds. The van der Waals surface area contributed by atoms with Crippen LogP contribution < -0.4 is 5.32 Å². The Morgan fingerprint density at radius 1 is 1.40 bits per heavy atom. The molecule has 1 unspecified atom stereocenters. The van der Waals surface area contributed by atoms with Gasteiger partial charge < -0.3 is 15.3 Å². The zero-order chi connectivity index (χ0) is 11.1. The minimum atomic E-state index is -0.632. The minimum Gasteiger partial charge on any atom is -0.481 e. The Kier molecular flexibility index (Phi) is 5.65. The number of carboxylic acid groups (broad SMARTS) is 1. The summed E-state index contributed by atoms with van der Waals surface area (Å²) in [5.41, 5.74) is 0. The van der Waals surface area contributed by atoms with E-state index in [1.54, 1.807) is 0 Å². The van der Waals surface area contributed by atoms with Gasteiger partial charge in [0.15, 0.2) is 0 Å². The van der Waals surface area contributed by atoms with Crippen LogP contribution in [0.15, 0.2) is 0 Å². The van der Waals surface area contributed by atoms with Crippen molar-refractivity contribution in [2.45, 2.75) is 26.2 Å². The van der Waals surface area contributed by atoms with Gasteiger partial charge in [0, 0.05) is 26.2 Å². The van der Waals surface area contributed by atoms with Crippen molar-refractivity contribution in [2.24, 2.45) is 5.92 Å². The Balaban J connectivity index is 2.22. The molecule has 0 saturated carbocycles. The number of carboxylic acids is 1. The molecule has 1 rings (SSSR count). The van der Waals surface area contributed by atoms with Gasteiger partial charge in [-0.2, -0.15) is 0 Å². The van der Waals surface area contributed by atoms with E-state index in [1.165, 1.54) is 0 Å². The van der Waals surface area contributed by atoms with Crippen LogP contribution in [-0.4, -0.2) is 48.7 Å². The summed E-state index contributed by atoms with van der Waals surface area (Å²) in [7, 11) is 0. The van der Waals surface area contributed by atoms with Gasteiger partial charge in [-0.1, -0.05) is 13.3 Å². The SMILES string of the molecule is CCCC(CCN1CCNCC1)C(=O)O. The predicted molar refractivity (Wildman–Crippen MR) is 60.0 cm³/mol. The number of carbonyl (C=O) groups is 1. The van der Waals surface area contributed by atoms with Crippen LogP contribution in [0.4, 0.5) is 0 Å². The molecule has 0 aromatic heterocycles. The van der Waals surface area contributed by atoms with Crippen molar-refractivity contribution in [3.05, 3.63) is 0 Å². The van der Waals surface area contributed by atoms with Gasteiger partial charge >= 0.3 is 5.97 Å². The normalized spacial score (nSPS) is 20.1. The van der Waals surface area contributed by atoms with E-state index in [1.807, 2.05) is 6.92 Å². The smallest absolute Gasteiger partial charge is 0.306 e. The number of hydrogen-bond acceptors (Lipinski definition) is 3. The van der Waals surface area contributed by atoms with Gasteiger partial charge in [0.25, 0.3) is 0 Å². The van der Waals surface area contributed by atoms with Crippen molar-refractivity contribution in [3.8, 4) is 0 Å². The molecule has 0 radical (unpaired) electrons. The standard InChI is InChI=1S/C11H22N2O2/c1-2-3-10(11(14)15)4-7-13-8-5-12-6-9-13/h10,12H,2-9H2,1H3,(H,14,15). The highest BCUT2D eigenvalue weighted by molar-refractivity contribution is 5.69. The summed E-state index contributed by atoms with van der Waals surface area (Å²) in [4.78, 5) is 13.3. The Labute approximate surface area is 91.6 Å². The molecule has 88 valence electrons. The van der Waals surface area contributed by atoms with Crippen molar-refractivity contribution in [1.82, 2.24) is 10.2 Å². The van der Waals surface area contributed by atoms with Crippen LogP contribution in [0.25, 0.3) is 0 Å². The summed E-state index contributed by atoms with van der Waals surface area (Å²) in [6.07, 6.45) is 2.56. The molecule has 1 fully saturated rings. The molecule has 0 aromatic carbocycles. The lowest BCUT2D eigenvalue weighted by Gasteiger charge is -2.28. The number of hydrogen-bond donors (Lipinski definition) is 2. The first-order chi connectivity index (χ1) is 7.24. The highest BCUT2D eigenvalue weighted by Crippen LogP contribution is 2.12. The van der Waals surface area contributed by atoms with Gasteiger partial charge in [-0.05, 0) is 19.4 Å². The fraction of sp³-hybridized carbons (Fsp3) is 0.909. The van der Waals surface area contributed by atoms with Crippen LogP contribution in [0, 0.1) is 5.92 Å². The summed E-state index contributed by atoms with van der Waals surface area (Å²) < 4.78 is 0. The summed E-state index contributed by atoms with van der Waals surface area (Å²) in [6, 6.07) is 0. The third-order valence-electron chi connectivity index (χ3n) is 2.99. The molecule has 1 atom stereocenters. The Bertz CT molecular complexity index is 191. The summed E-state index contributed by atoms with van der Waals surface area (Å²) in [5.74, 6) is -0.781. The molecule has 1 aliphatic heterocycles. The van der Waals surface area contributed by atoms with Crippen molar-refractivity contribution in [1.29, 1.82) is 0 Å². The molecule has 0 aliphatic carbocycles. The highest BCUT2D eigenvalue weighted by atomic mass is 16.4. The maximum absolute atomic E-state index is 10.9. The number of nitrogens with zero attached hydrogens (tertiary/aromatic N) is 1. The maximum atomic E-state index is 10.9. The second kappa shape index (κ2) is 6.80. The van der Waals surface area contributed by atoms with E-state index >= 15 is 0 Å². The van der Waals surface area contributed by atoms with E-state index in [9.17, 15) is 4.79 Å². The molecule has 1 aliphatic rings. The van der Waals surface area contributed by atoms with Gasteiger partial charge in [0.1, 0.15) is 0 Å². The van der Waals surface area contributed by atoms with Crippen molar-refractivity contribution in [3.63, 3.8) is 0 Å². The van der Waals surface area contributed by atoms with Crippen molar-refractivity contribution < 1.29 is 9.90 Å². The average molecular weight is 214 g/mol. The van der Waals surface area contributed by atoms with Gasteiger partial charge in [0.2, 0.25) is 0 Å². The van der Waals surface area contributed by atoms with Crippen LogP contribution in [0.1, 0.15) is 26.2 Å². The molecule has 2 N–H and O–H groups in total. The number of rotatable bonds is 6. The van der Waals surface area contributed by atoms with E-state index in [0.29, 0.717) is 0 Å². The van der Waals surface area contributed by atoms with E-state index in [4.69, 9.17) is 5.11 Å². The fourth-order valence-corrected chi connectivity index (χ4v) is 2.01. The summed E-state index contributed by atoms with van der Waals surface area (Å²) >= 11 is 0. The van der Waals surface area contributed by atoms with Gasteiger partial charge in [0.05, 0.1) is 5.92 Å². The maximum Gasteiger partial charge on any atom is 0.306 e. The molecule has 15 heavy (non-hydrogen) atoms. The van der Waals surface area contributed by atoms with E-state index in [2.05, 4.69) is 10.2 Å². The van der Waals surface area contributed by atoms with Crippen LogP contribution in [0.5, 0.6) is 0 Å². The fourth-order valence-electron chi connectivity index (χ4n) is 2.01. The Hall–Kier alpha value is -0.610. The molecule has 1 heterocycles. The van der Waals surface area contributed by atoms with Gasteiger partial charge in [-0.15, -0.1) is 0 Å². The van der Waals surface area contributed by atoms with E-state index < -0.39 is 5.97 Å². The first-order valence-corrected chi connectivity index (χ1v) is 5.90. The van der Waals surface area contributed by atoms with Crippen molar-refractivity contribution in [2.75, 3.05) is 32.7 Å². The molecule has 0 aromatic rings. The zero-order valence-corrected chi connectivity index (χ0v) is 9.54. The van der Waals surface area contributed by atoms with E-state index in [0.717, 1.165) is 52.0 Å². The first kappa shape index (κ1) is 12.5. The monoisotopic (exact) mass is 214 g/mol. The summed E-state index contributed by atoms with van der Waals surface area (Å²) in [5, 5.41) is 12.3. The quantitative estimate of drug-likeness (QED) is 0.686. The lowest BCUT2D eigenvalue weighted by molar-refractivity contribution is -0.142. The van der Waals surface area contributed by atoms with Gasteiger partial charge in [-0.25, -0.2) is 0 Å². The summed E-state index contributed by atoms with van der Waals surface area (Å²) in [6.45, 7) is 7.15. The molecule has 0 bridgehead atoms.